The molecule has 1 saturated heterocycles. The van der Waals surface area contributed by atoms with Crippen LogP contribution in [0.2, 0.25) is 0 Å². The molecule has 3 heterocycles. The molecule has 1 saturated carbocycles. The van der Waals surface area contributed by atoms with Crippen LogP contribution in [0.3, 0.4) is 0 Å². The van der Waals surface area contributed by atoms with Crippen LogP contribution in [-0.2, 0) is 4.79 Å². The third-order valence-electron chi connectivity index (χ3n) is 5.53. The predicted octanol–water partition coefficient (Wildman–Crippen LogP) is 1.59. The van der Waals surface area contributed by atoms with Gasteiger partial charge in [-0.15, -0.1) is 0 Å². The van der Waals surface area contributed by atoms with Crippen LogP contribution < -0.4 is 5.73 Å². The van der Waals surface area contributed by atoms with Crippen molar-refractivity contribution in [3.63, 3.8) is 0 Å². The minimum absolute atomic E-state index is 0.0896. The lowest BCUT2D eigenvalue weighted by molar-refractivity contribution is -0.140. The zero-order valence-corrected chi connectivity index (χ0v) is 16.1. The summed E-state index contributed by atoms with van der Waals surface area (Å²) >= 11 is 1.44. The van der Waals surface area contributed by atoms with E-state index in [9.17, 15) is 9.90 Å². The number of piperidine rings is 1. The van der Waals surface area contributed by atoms with Gasteiger partial charge in [0.2, 0.25) is 5.60 Å². The number of amides is 1. The van der Waals surface area contributed by atoms with Gasteiger partial charge >= 0.3 is 0 Å². The number of aromatic nitrogens is 3. The Morgan fingerprint density at radius 1 is 1.39 bits per heavy atom. The molecule has 1 aliphatic heterocycles. The number of hydrogen-bond acceptors (Lipinski definition) is 7. The SMILES string of the molecule is Cc1ccc(C#C[C@@]2(O)C(=O)N(C)[C@@H]3CC32)cc1-c1nc2c(N)ncnc2s1. The lowest BCUT2D eigenvalue weighted by Gasteiger charge is -2.18. The van der Waals surface area contributed by atoms with Gasteiger partial charge < -0.3 is 15.7 Å². The highest BCUT2D eigenvalue weighted by atomic mass is 32.1. The molecule has 3 atom stereocenters. The Bertz CT molecular complexity index is 1210. The van der Waals surface area contributed by atoms with Gasteiger partial charge in [-0.1, -0.05) is 29.2 Å². The summed E-state index contributed by atoms with van der Waals surface area (Å²) in [7, 11) is 1.72. The molecule has 5 rings (SSSR count). The Hall–Kier alpha value is -3.02. The summed E-state index contributed by atoms with van der Waals surface area (Å²) in [6.45, 7) is 1.99. The number of fused-ring (bicyclic) bond motifs is 2. The molecule has 1 aliphatic carbocycles. The average molecular weight is 391 g/mol. The lowest BCUT2D eigenvalue weighted by atomic mass is 9.98. The van der Waals surface area contributed by atoms with Crippen molar-refractivity contribution in [2.75, 3.05) is 12.8 Å². The maximum Gasteiger partial charge on any atom is 0.267 e. The smallest absolute Gasteiger partial charge is 0.267 e. The number of nitrogens with zero attached hydrogens (tertiary/aromatic N) is 4. The highest BCUT2D eigenvalue weighted by Crippen LogP contribution is 2.50. The first kappa shape index (κ1) is 17.1. The highest BCUT2D eigenvalue weighted by molar-refractivity contribution is 7.21. The first-order chi connectivity index (χ1) is 13.4. The van der Waals surface area contributed by atoms with Crippen molar-refractivity contribution < 1.29 is 9.90 Å². The fourth-order valence-corrected chi connectivity index (χ4v) is 4.76. The topological polar surface area (TPSA) is 105 Å². The van der Waals surface area contributed by atoms with E-state index in [1.807, 2.05) is 25.1 Å². The number of anilines is 1. The molecule has 1 amide bonds. The summed E-state index contributed by atoms with van der Waals surface area (Å²) < 4.78 is 0. The quantitative estimate of drug-likeness (QED) is 0.611. The van der Waals surface area contributed by atoms with Crippen molar-refractivity contribution in [2.45, 2.75) is 25.0 Å². The van der Waals surface area contributed by atoms with Crippen LogP contribution in [0.4, 0.5) is 5.82 Å². The van der Waals surface area contributed by atoms with Crippen LogP contribution in [0.1, 0.15) is 17.5 Å². The highest BCUT2D eigenvalue weighted by Gasteiger charge is 2.66. The number of thiazole rings is 1. The maximum absolute atomic E-state index is 12.3. The number of likely N-dealkylation sites (N-methyl/N-ethyl adjacent to an activating group) is 1. The lowest BCUT2D eigenvalue weighted by Crippen LogP contribution is -2.41. The number of rotatable bonds is 1. The second-order valence-corrected chi connectivity index (χ2v) is 8.28. The summed E-state index contributed by atoms with van der Waals surface area (Å²) in [4.78, 5) is 27.4. The van der Waals surface area contributed by atoms with Crippen LogP contribution in [0.15, 0.2) is 24.5 Å². The Balaban J connectivity index is 1.54. The number of nitrogens with two attached hydrogens (primary N) is 1. The van der Waals surface area contributed by atoms with E-state index >= 15 is 0 Å². The van der Waals surface area contributed by atoms with Gasteiger partial charge in [0.15, 0.2) is 5.82 Å². The van der Waals surface area contributed by atoms with Crippen LogP contribution in [0, 0.1) is 24.7 Å². The van der Waals surface area contributed by atoms with E-state index in [4.69, 9.17) is 5.73 Å². The standard InChI is InChI=1S/C20H17N5O2S/c1-10-3-4-11(5-6-20(27)13-8-14(13)25(2)19(20)26)7-12(10)17-24-15-16(21)22-9-23-18(15)28-17/h3-4,7,9,13-14,27H,8H2,1-2H3,(H2,21,22,23)/t13?,14-,20+/m1/s1. The fraction of sp³-hybridized carbons (Fsp3) is 0.300. The van der Waals surface area contributed by atoms with Gasteiger partial charge in [-0.3, -0.25) is 4.79 Å². The third-order valence-corrected chi connectivity index (χ3v) is 6.52. The summed E-state index contributed by atoms with van der Waals surface area (Å²) in [6.07, 6.45) is 2.23. The molecule has 3 N–H and O–H groups in total. The van der Waals surface area contributed by atoms with E-state index in [0.29, 0.717) is 16.9 Å². The van der Waals surface area contributed by atoms with Crippen LogP contribution in [0.25, 0.3) is 20.9 Å². The molecule has 2 aliphatic rings. The van der Waals surface area contributed by atoms with Gasteiger partial charge in [-0.25, -0.2) is 15.0 Å². The van der Waals surface area contributed by atoms with Crippen molar-refractivity contribution >= 4 is 33.4 Å². The Morgan fingerprint density at radius 2 is 2.21 bits per heavy atom. The molecule has 2 fully saturated rings. The van der Waals surface area contributed by atoms with Crippen molar-refractivity contribution in [2.24, 2.45) is 5.92 Å². The second-order valence-electron chi connectivity index (χ2n) is 7.30. The number of aryl methyl sites for hydroxylation is 1. The summed E-state index contributed by atoms with van der Waals surface area (Å²) in [5, 5.41) is 11.5. The molecule has 3 aromatic rings. The number of hydrogen-bond donors (Lipinski definition) is 2. The van der Waals surface area contributed by atoms with Crippen molar-refractivity contribution in [1.82, 2.24) is 19.9 Å². The molecule has 1 aromatic carbocycles. The summed E-state index contributed by atoms with van der Waals surface area (Å²) in [6, 6.07) is 5.87. The van der Waals surface area contributed by atoms with E-state index in [-0.39, 0.29) is 17.9 Å². The van der Waals surface area contributed by atoms with Gasteiger partial charge in [0, 0.05) is 30.1 Å². The van der Waals surface area contributed by atoms with E-state index in [0.717, 1.165) is 27.4 Å². The largest absolute Gasteiger partial charge is 0.382 e. The Labute approximate surface area is 165 Å². The zero-order valence-electron chi connectivity index (χ0n) is 15.3. The monoisotopic (exact) mass is 391 g/mol. The fourth-order valence-electron chi connectivity index (χ4n) is 3.77. The zero-order chi connectivity index (χ0) is 19.6. The van der Waals surface area contributed by atoms with Gasteiger partial charge in [0.1, 0.15) is 21.7 Å². The molecule has 140 valence electrons. The normalized spacial score (nSPS) is 25.5. The van der Waals surface area contributed by atoms with Crippen molar-refractivity contribution in [3.8, 4) is 22.4 Å². The van der Waals surface area contributed by atoms with Crippen molar-refractivity contribution in [3.05, 3.63) is 35.7 Å². The van der Waals surface area contributed by atoms with Crippen molar-refractivity contribution in [1.29, 1.82) is 0 Å². The number of nitrogen functional groups attached to an aromatic ring is 1. The molecular weight excluding hydrogens is 374 g/mol. The first-order valence-corrected chi connectivity index (χ1v) is 9.71. The molecule has 0 bridgehead atoms. The molecule has 7 nitrogen and oxygen atoms in total. The van der Waals surface area contributed by atoms with Gasteiger partial charge in [0.05, 0.1) is 0 Å². The first-order valence-electron chi connectivity index (χ1n) is 8.89. The molecule has 8 heteroatoms. The summed E-state index contributed by atoms with van der Waals surface area (Å²) in [5.41, 5.74) is 7.57. The number of carbonyl (C=O) groups excluding carboxylic acids is 1. The third kappa shape index (κ3) is 2.40. The van der Waals surface area contributed by atoms with Gasteiger partial charge in [-0.05, 0) is 31.0 Å². The number of aliphatic hydroxyl groups is 1. The molecule has 28 heavy (non-hydrogen) atoms. The summed E-state index contributed by atoms with van der Waals surface area (Å²) in [5.74, 6) is 5.78. The molecular formula is C20H17N5O2S. The molecule has 0 spiro atoms. The van der Waals surface area contributed by atoms with E-state index in [1.165, 1.54) is 17.7 Å². The predicted molar refractivity (Wildman–Crippen MR) is 106 cm³/mol. The van der Waals surface area contributed by atoms with Gasteiger partial charge in [-0.2, -0.15) is 0 Å². The minimum atomic E-state index is -1.58. The average Bonchev–Trinajstić information content (AvgIpc) is 3.33. The number of carbonyl (C=O) groups is 1. The van der Waals surface area contributed by atoms with E-state index in [2.05, 4.69) is 26.8 Å². The van der Waals surface area contributed by atoms with E-state index in [1.54, 1.807) is 11.9 Å². The maximum atomic E-state index is 12.3. The van der Waals surface area contributed by atoms with Crippen LogP contribution in [0.5, 0.6) is 0 Å². The van der Waals surface area contributed by atoms with Gasteiger partial charge in [0.25, 0.3) is 5.91 Å². The second kappa shape index (κ2) is 5.74. The molecule has 0 radical (unpaired) electrons. The number of benzene rings is 1. The Morgan fingerprint density at radius 3 is 2.93 bits per heavy atom. The van der Waals surface area contributed by atoms with Crippen LogP contribution >= 0.6 is 11.3 Å². The molecule has 2 aromatic heterocycles. The van der Waals surface area contributed by atoms with Crippen LogP contribution in [-0.4, -0.2) is 49.6 Å². The van der Waals surface area contributed by atoms with E-state index < -0.39 is 5.60 Å². The molecule has 1 unspecified atom stereocenters. The number of likely N-dealkylation sites (tertiary alicyclic amines) is 1. The minimum Gasteiger partial charge on any atom is -0.382 e. The Kier molecular flexibility index (Phi) is 3.50.